The van der Waals surface area contributed by atoms with E-state index in [9.17, 15) is 4.39 Å². The molecule has 0 bridgehead atoms. The van der Waals surface area contributed by atoms with Crippen LogP contribution in [0.5, 0.6) is 0 Å². The van der Waals surface area contributed by atoms with Gasteiger partial charge in [0.25, 0.3) is 0 Å². The van der Waals surface area contributed by atoms with Gasteiger partial charge in [-0.15, -0.1) is 0 Å². The van der Waals surface area contributed by atoms with Gasteiger partial charge in [-0.2, -0.15) is 5.10 Å². The second-order valence-corrected chi connectivity index (χ2v) is 4.43. The van der Waals surface area contributed by atoms with E-state index < -0.39 is 0 Å². The van der Waals surface area contributed by atoms with Gasteiger partial charge in [0.1, 0.15) is 5.82 Å². The average molecular weight is 231 g/mol. The molecule has 0 aliphatic heterocycles. The Bertz CT molecular complexity index is 543. The van der Waals surface area contributed by atoms with E-state index in [1.807, 2.05) is 16.8 Å². The predicted octanol–water partition coefficient (Wildman–Crippen LogP) is 2.35. The highest BCUT2D eigenvalue weighted by Crippen LogP contribution is 2.41. The van der Waals surface area contributed by atoms with Crippen LogP contribution in [-0.2, 0) is 6.54 Å². The van der Waals surface area contributed by atoms with Crippen LogP contribution in [0.4, 0.5) is 4.39 Å². The fraction of sp³-hybridized carbons (Fsp3) is 0.308. The summed E-state index contributed by atoms with van der Waals surface area (Å²) in [6, 6.07) is 8.53. The van der Waals surface area contributed by atoms with Crippen LogP contribution in [0.15, 0.2) is 30.3 Å². The van der Waals surface area contributed by atoms with E-state index in [0.717, 1.165) is 17.1 Å². The van der Waals surface area contributed by atoms with E-state index in [1.54, 1.807) is 6.07 Å². The van der Waals surface area contributed by atoms with Crippen molar-refractivity contribution in [2.75, 3.05) is 0 Å². The number of hydrogen-bond donors (Lipinski definition) is 1. The number of nitrogens with zero attached hydrogens (tertiary/aromatic N) is 2. The monoisotopic (exact) mass is 231 g/mol. The molecule has 3 rings (SSSR count). The molecule has 2 N–H and O–H groups in total. The fourth-order valence-electron chi connectivity index (χ4n) is 2.03. The Balaban J connectivity index is 2.09. The minimum atomic E-state index is -0.242. The number of rotatable bonds is 3. The van der Waals surface area contributed by atoms with Gasteiger partial charge in [-0.25, -0.2) is 9.07 Å². The molecule has 1 aliphatic carbocycles. The summed E-state index contributed by atoms with van der Waals surface area (Å²) in [6.07, 6.45) is 2.37. The number of halogens is 1. The molecule has 0 unspecified atom stereocenters. The Labute approximate surface area is 99.1 Å². The van der Waals surface area contributed by atoms with E-state index >= 15 is 0 Å². The van der Waals surface area contributed by atoms with Gasteiger partial charge in [-0.3, -0.25) is 0 Å². The molecule has 0 saturated heterocycles. The quantitative estimate of drug-likeness (QED) is 0.881. The molecule has 1 fully saturated rings. The number of hydrogen-bond acceptors (Lipinski definition) is 2. The molecule has 1 saturated carbocycles. The van der Waals surface area contributed by atoms with Gasteiger partial charge in [0.05, 0.1) is 11.4 Å². The van der Waals surface area contributed by atoms with Gasteiger partial charge in [0.15, 0.2) is 0 Å². The van der Waals surface area contributed by atoms with Crippen LogP contribution in [0, 0.1) is 5.82 Å². The van der Waals surface area contributed by atoms with Gasteiger partial charge in [-0.1, -0.05) is 6.07 Å². The van der Waals surface area contributed by atoms with Crippen molar-refractivity contribution in [2.45, 2.75) is 25.3 Å². The molecule has 2 aromatic rings. The zero-order valence-corrected chi connectivity index (χ0v) is 9.44. The summed E-state index contributed by atoms with van der Waals surface area (Å²) < 4.78 is 15.0. The standard InChI is InChI=1S/C13H14FN3/c14-10-2-1-3-12(6-10)17-13(9-4-5-9)7-11(8-15)16-17/h1-3,6-7,9H,4-5,8,15H2. The Kier molecular flexibility index (Phi) is 2.44. The molecule has 3 nitrogen and oxygen atoms in total. The first-order valence-corrected chi connectivity index (χ1v) is 5.83. The van der Waals surface area contributed by atoms with Gasteiger partial charge >= 0.3 is 0 Å². The lowest BCUT2D eigenvalue weighted by atomic mass is 10.2. The molecule has 1 heterocycles. The molecule has 4 heteroatoms. The van der Waals surface area contributed by atoms with Crippen LogP contribution < -0.4 is 5.73 Å². The second kappa shape index (κ2) is 3.96. The molecule has 17 heavy (non-hydrogen) atoms. The predicted molar refractivity (Wildman–Crippen MR) is 63.4 cm³/mol. The van der Waals surface area contributed by atoms with Gasteiger partial charge in [-0.05, 0) is 37.1 Å². The molecule has 1 aromatic heterocycles. The van der Waals surface area contributed by atoms with Crippen molar-refractivity contribution < 1.29 is 4.39 Å². The van der Waals surface area contributed by atoms with Crippen molar-refractivity contribution in [3.63, 3.8) is 0 Å². The van der Waals surface area contributed by atoms with Crippen LogP contribution in [0.1, 0.15) is 30.1 Å². The molecule has 0 spiro atoms. The van der Waals surface area contributed by atoms with Crippen LogP contribution in [-0.4, -0.2) is 9.78 Å². The SMILES string of the molecule is NCc1cc(C2CC2)n(-c2cccc(F)c2)n1. The second-order valence-electron chi connectivity index (χ2n) is 4.43. The van der Waals surface area contributed by atoms with E-state index in [1.165, 1.54) is 25.0 Å². The van der Waals surface area contributed by atoms with E-state index in [-0.39, 0.29) is 5.82 Å². The molecule has 88 valence electrons. The summed E-state index contributed by atoms with van der Waals surface area (Å²) in [6.45, 7) is 0.419. The summed E-state index contributed by atoms with van der Waals surface area (Å²) in [4.78, 5) is 0. The Hall–Kier alpha value is -1.68. The average Bonchev–Trinajstić information content (AvgIpc) is 3.08. The van der Waals surface area contributed by atoms with Gasteiger partial charge in [0, 0.05) is 18.2 Å². The van der Waals surface area contributed by atoms with Gasteiger partial charge in [0.2, 0.25) is 0 Å². The van der Waals surface area contributed by atoms with Crippen molar-refractivity contribution in [2.24, 2.45) is 5.73 Å². The van der Waals surface area contributed by atoms with E-state index in [0.29, 0.717) is 12.5 Å². The molecule has 0 radical (unpaired) electrons. The smallest absolute Gasteiger partial charge is 0.125 e. The molecule has 0 amide bonds. The largest absolute Gasteiger partial charge is 0.325 e. The lowest BCUT2D eigenvalue weighted by Gasteiger charge is -2.06. The first-order valence-electron chi connectivity index (χ1n) is 5.83. The normalized spacial score (nSPS) is 15.2. The summed E-state index contributed by atoms with van der Waals surface area (Å²) in [5.41, 5.74) is 8.39. The lowest BCUT2D eigenvalue weighted by molar-refractivity contribution is 0.624. The summed E-state index contributed by atoms with van der Waals surface area (Å²) >= 11 is 0. The zero-order valence-electron chi connectivity index (χ0n) is 9.44. The first kappa shape index (κ1) is 10.5. The summed E-state index contributed by atoms with van der Waals surface area (Å²) in [5.74, 6) is 0.320. The topological polar surface area (TPSA) is 43.8 Å². The minimum absolute atomic E-state index is 0.242. The molecule has 0 atom stereocenters. The van der Waals surface area contributed by atoms with Crippen LogP contribution in [0.25, 0.3) is 5.69 Å². The Morgan fingerprint density at radius 2 is 2.18 bits per heavy atom. The lowest BCUT2D eigenvalue weighted by Crippen LogP contribution is -2.03. The highest BCUT2D eigenvalue weighted by atomic mass is 19.1. The number of benzene rings is 1. The first-order chi connectivity index (χ1) is 8.28. The summed E-state index contributed by atoms with van der Waals surface area (Å²) in [7, 11) is 0. The maximum absolute atomic E-state index is 13.2. The van der Waals surface area contributed by atoms with Crippen LogP contribution in [0.3, 0.4) is 0 Å². The third-order valence-electron chi connectivity index (χ3n) is 3.05. The third kappa shape index (κ3) is 1.96. The number of nitrogens with two attached hydrogens (primary N) is 1. The zero-order chi connectivity index (χ0) is 11.8. The maximum Gasteiger partial charge on any atom is 0.125 e. The molecular weight excluding hydrogens is 217 g/mol. The van der Waals surface area contributed by atoms with Crippen molar-refractivity contribution in [1.82, 2.24) is 9.78 Å². The van der Waals surface area contributed by atoms with Crippen molar-refractivity contribution in [3.8, 4) is 5.69 Å². The van der Waals surface area contributed by atoms with E-state index in [4.69, 9.17) is 5.73 Å². The molecule has 1 aliphatic rings. The van der Waals surface area contributed by atoms with Crippen molar-refractivity contribution in [3.05, 3.63) is 47.5 Å². The fourth-order valence-corrected chi connectivity index (χ4v) is 2.03. The van der Waals surface area contributed by atoms with Crippen molar-refractivity contribution >= 4 is 0 Å². The third-order valence-corrected chi connectivity index (χ3v) is 3.05. The maximum atomic E-state index is 13.2. The highest BCUT2D eigenvalue weighted by Gasteiger charge is 2.28. The Morgan fingerprint density at radius 1 is 1.35 bits per heavy atom. The van der Waals surface area contributed by atoms with E-state index in [2.05, 4.69) is 5.10 Å². The van der Waals surface area contributed by atoms with Crippen LogP contribution >= 0.6 is 0 Å². The van der Waals surface area contributed by atoms with Crippen LogP contribution in [0.2, 0.25) is 0 Å². The minimum Gasteiger partial charge on any atom is -0.325 e. The number of aromatic nitrogens is 2. The highest BCUT2D eigenvalue weighted by molar-refractivity contribution is 5.36. The molecular formula is C13H14FN3. The molecule has 1 aromatic carbocycles. The van der Waals surface area contributed by atoms with Gasteiger partial charge < -0.3 is 5.73 Å². The summed E-state index contributed by atoms with van der Waals surface area (Å²) in [5, 5.41) is 4.43. The van der Waals surface area contributed by atoms with Crippen molar-refractivity contribution in [1.29, 1.82) is 0 Å². The Morgan fingerprint density at radius 3 is 2.82 bits per heavy atom.